The van der Waals surface area contributed by atoms with Gasteiger partial charge in [0.2, 0.25) is 0 Å². The number of para-hydroxylation sites is 1. The Labute approximate surface area is 183 Å². The zero-order valence-electron chi connectivity index (χ0n) is 16.6. The number of benzene rings is 3. The van der Waals surface area contributed by atoms with Crippen molar-refractivity contribution in [2.75, 3.05) is 18.1 Å². The number of carbonyl (C=O) groups is 1. The maximum Gasteiger partial charge on any atom is 0.338 e. The van der Waals surface area contributed by atoms with Crippen molar-refractivity contribution in [3.8, 4) is 0 Å². The summed E-state index contributed by atoms with van der Waals surface area (Å²) in [6.45, 7) is 0.0189. The molecule has 3 aromatic rings. The van der Waals surface area contributed by atoms with Gasteiger partial charge in [0.15, 0.2) is 5.84 Å². The first kappa shape index (κ1) is 21.2. The number of ether oxygens (including phenoxy) is 1. The summed E-state index contributed by atoms with van der Waals surface area (Å²) in [6, 6.07) is 20.8. The third-order valence-corrected chi connectivity index (χ3v) is 6.10. The number of nitrogens with zero attached hydrogens (tertiary/aromatic N) is 3. The fourth-order valence-electron chi connectivity index (χ4n) is 3.31. The molecule has 1 heterocycles. The third-order valence-electron chi connectivity index (χ3n) is 4.78. The molecule has 1 aliphatic heterocycles. The maximum atomic E-state index is 12.5. The second kappa shape index (κ2) is 8.60. The molecule has 0 bridgehead atoms. The second-order valence-corrected chi connectivity index (χ2v) is 8.39. The number of anilines is 1. The standard InChI is InChI=1S/C22H17N3O6S/c26-22(16-7-6-10-18(15-16)25(27)28)31-14-13-24(17-8-2-1-3-9-17)21-19-11-4-5-12-20(19)32(29,30)23-21/h1-12,15H,13-14H2. The molecule has 0 N–H and O–H groups in total. The van der Waals surface area contributed by atoms with E-state index < -0.39 is 20.9 Å². The zero-order valence-corrected chi connectivity index (χ0v) is 17.4. The van der Waals surface area contributed by atoms with Gasteiger partial charge in [-0.1, -0.05) is 36.4 Å². The van der Waals surface area contributed by atoms with Crippen LogP contribution in [0, 0.1) is 10.1 Å². The smallest absolute Gasteiger partial charge is 0.338 e. The van der Waals surface area contributed by atoms with Crippen molar-refractivity contribution in [2.45, 2.75) is 4.90 Å². The maximum absolute atomic E-state index is 12.5. The van der Waals surface area contributed by atoms with Crippen molar-refractivity contribution in [3.63, 3.8) is 0 Å². The average molecular weight is 451 g/mol. The molecule has 0 atom stereocenters. The predicted molar refractivity (Wildman–Crippen MR) is 117 cm³/mol. The van der Waals surface area contributed by atoms with Gasteiger partial charge >= 0.3 is 5.97 Å². The number of non-ortho nitro benzene ring substituents is 1. The minimum Gasteiger partial charge on any atom is -0.460 e. The molecule has 0 spiro atoms. The second-order valence-electron chi connectivity index (χ2n) is 6.82. The van der Waals surface area contributed by atoms with E-state index in [2.05, 4.69) is 4.40 Å². The van der Waals surface area contributed by atoms with Crippen LogP contribution in [0.25, 0.3) is 0 Å². The normalized spacial score (nSPS) is 13.7. The minimum absolute atomic E-state index is 0.0524. The highest BCUT2D eigenvalue weighted by molar-refractivity contribution is 7.90. The molecule has 0 aliphatic carbocycles. The van der Waals surface area contributed by atoms with Gasteiger partial charge in [-0.25, -0.2) is 4.79 Å². The van der Waals surface area contributed by atoms with Crippen molar-refractivity contribution in [1.29, 1.82) is 0 Å². The van der Waals surface area contributed by atoms with Gasteiger partial charge in [-0.3, -0.25) is 10.1 Å². The lowest BCUT2D eigenvalue weighted by atomic mass is 10.1. The lowest BCUT2D eigenvalue weighted by Gasteiger charge is -2.24. The fraction of sp³-hybridized carbons (Fsp3) is 0.0909. The molecule has 0 aromatic heterocycles. The first-order valence-corrected chi connectivity index (χ1v) is 11.0. The summed E-state index contributed by atoms with van der Waals surface area (Å²) in [5.41, 5.74) is 0.968. The molecule has 162 valence electrons. The van der Waals surface area contributed by atoms with Crippen LogP contribution in [0.3, 0.4) is 0 Å². The van der Waals surface area contributed by atoms with Crippen LogP contribution in [-0.2, 0) is 14.8 Å². The Kier molecular flexibility index (Phi) is 5.69. The molecule has 32 heavy (non-hydrogen) atoms. The van der Waals surface area contributed by atoms with Crippen molar-refractivity contribution >= 4 is 33.2 Å². The van der Waals surface area contributed by atoms with Gasteiger partial charge in [-0.05, 0) is 30.3 Å². The van der Waals surface area contributed by atoms with Crippen LogP contribution in [0.15, 0.2) is 88.2 Å². The van der Waals surface area contributed by atoms with E-state index in [0.717, 1.165) is 6.07 Å². The van der Waals surface area contributed by atoms with Crippen molar-refractivity contribution < 1.29 is 22.9 Å². The monoisotopic (exact) mass is 451 g/mol. The largest absolute Gasteiger partial charge is 0.460 e. The first-order chi connectivity index (χ1) is 15.4. The molecule has 0 saturated heterocycles. The highest BCUT2D eigenvalue weighted by Crippen LogP contribution is 2.29. The summed E-state index contributed by atoms with van der Waals surface area (Å²) in [6.07, 6.45) is 0. The van der Waals surface area contributed by atoms with Gasteiger partial charge in [0.05, 0.1) is 17.0 Å². The molecular weight excluding hydrogens is 434 g/mol. The predicted octanol–water partition coefficient (Wildman–Crippen LogP) is 3.41. The molecule has 0 unspecified atom stereocenters. The zero-order chi connectivity index (χ0) is 22.7. The number of sulfonamides is 1. The van der Waals surface area contributed by atoms with Gasteiger partial charge < -0.3 is 9.64 Å². The highest BCUT2D eigenvalue weighted by atomic mass is 32.2. The summed E-state index contributed by atoms with van der Waals surface area (Å²) in [4.78, 5) is 24.5. The number of hydrogen-bond donors (Lipinski definition) is 0. The van der Waals surface area contributed by atoms with E-state index in [1.54, 1.807) is 47.4 Å². The van der Waals surface area contributed by atoms with Crippen LogP contribution in [0.2, 0.25) is 0 Å². The SMILES string of the molecule is O=C(OCCN(C1=NS(=O)(=O)c2ccccc21)c1ccccc1)c1cccc([N+](=O)[O-])c1. The van der Waals surface area contributed by atoms with Gasteiger partial charge in [-0.2, -0.15) is 8.42 Å². The summed E-state index contributed by atoms with van der Waals surface area (Å²) in [7, 11) is -3.83. The number of nitro groups is 1. The van der Waals surface area contributed by atoms with Crippen LogP contribution in [0.5, 0.6) is 0 Å². The Bertz CT molecular complexity index is 1320. The number of fused-ring (bicyclic) bond motifs is 1. The highest BCUT2D eigenvalue weighted by Gasteiger charge is 2.32. The third kappa shape index (κ3) is 4.21. The molecule has 9 nitrogen and oxygen atoms in total. The van der Waals surface area contributed by atoms with Crippen LogP contribution in [0.4, 0.5) is 11.4 Å². The Morgan fingerprint density at radius 1 is 1.00 bits per heavy atom. The summed E-state index contributed by atoms with van der Waals surface area (Å²) in [5, 5.41) is 10.9. The first-order valence-electron chi connectivity index (χ1n) is 9.55. The molecule has 0 amide bonds. The summed E-state index contributed by atoms with van der Waals surface area (Å²) >= 11 is 0. The van der Waals surface area contributed by atoms with E-state index in [0.29, 0.717) is 11.3 Å². The van der Waals surface area contributed by atoms with Crippen LogP contribution < -0.4 is 4.90 Å². The summed E-state index contributed by atoms with van der Waals surface area (Å²) in [5.74, 6) is -0.485. The Morgan fingerprint density at radius 2 is 1.72 bits per heavy atom. The molecule has 10 heteroatoms. The Morgan fingerprint density at radius 3 is 2.47 bits per heavy atom. The molecular formula is C22H17N3O6S. The average Bonchev–Trinajstić information content (AvgIpc) is 3.08. The lowest BCUT2D eigenvalue weighted by molar-refractivity contribution is -0.384. The molecule has 4 rings (SSSR count). The number of rotatable bonds is 6. The molecule has 0 saturated carbocycles. The lowest BCUT2D eigenvalue weighted by Crippen LogP contribution is -2.34. The quantitative estimate of drug-likeness (QED) is 0.320. The number of amidine groups is 1. The Balaban J connectivity index is 1.57. The Hall–Kier alpha value is -4.05. The van der Waals surface area contributed by atoms with Gasteiger partial charge in [0.1, 0.15) is 11.5 Å². The number of carbonyl (C=O) groups excluding carboxylic acids is 1. The van der Waals surface area contributed by atoms with E-state index in [1.807, 2.05) is 6.07 Å². The van der Waals surface area contributed by atoms with Crippen LogP contribution in [-0.4, -0.2) is 38.3 Å². The van der Waals surface area contributed by atoms with Gasteiger partial charge in [-0.15, -0.1) is 4.40 Å². The molecule has 0 fully saturated rings. The molecule has 0 radical (unpaired) electrons. The van der Waals surface area contributed by atoms with E-state index in [4.69, 9.17) is 4.74 Å². The van der Waals surface area contributed by atoms with E-state index >= 15 is 0 Å². The van der Waals surface area contributed by atoms with Crippen molar-refractivity contribution in [3.05, 3.63) is 100 Å². The van der Waals surface area contributed by atoms with E-state index in [1.165, 1.54) is 24.3 Å². The van der Waals surface area contributed by atoms with Crippen molar-refractivity contribution in [2.24, 2.45) is 4.40 Å². The molecule has 3 aromatic carbocycles. The van der Waals surface area contributed by atoms with Crippen molar-refractivity contribution in [1.82, 2.24) is 0 Å². The van der Waals surface area contributed by atoms with Crippen LogP contribution >= 0.6 is 0 Å². The van der Waals surface area contributed by atoms with Crippen LogP contribution in [0.1, 0.15) is 15.9 Å². The number of hydrogen-bond acceptors (Lipinski definition) is 7. The van der Waals surface area contributed by atoms with E-state index in [-0.39, 0.29) is 35.1 Å². The number of nitro benzene ring substituents is 1. The topological polar surface area (TPSA) is 119 Å². The van der Waals surface area contributed by atoms with Gasteiger partial charge in [0.25, 0.3) is 15.7 Å². The number of esters is 1. The molecule has 1 aliphatic rings. The minimum atomic E-state index is -3.83. The fourth-order valence-corrected chi connectivity index (χ4v) is 4.52. The van der Waals surface area contributed by atoms with E-state index in [9.17, 15) is 23.3 Å². The summed E-state index contributed by atoms with van der Waals surface area (Å²) < 4.78 is 34.3. The van der Waals surface area contributed by atoms with Gasteiger partial charge in [0, 0.05) is 23.4 Å².